The maximum atomic E-state index is 11.9. The summed E-state index contributed by atoms with van der Waals surface area (Å²) in [5.74, 6) is 0. The Labute approximate surface area is 186 Å². The monoisotopic (exact) mass is 427 g/mol. The lowest BCUT2D eigenvalue weighted by Gasteiger charge is -2.34. The minimum absolute atomic E-state index is 0.0573. The Hall–Kier alpha value is -2.60. The number of amides is 1. The number of benzene rings is 1. The number of rotatable bonds is 8. The summed E-state index contributed by atoms with van der Waals surface area (Å²) < 4.78 is 11.4. The summed E-state index contributed by atoms with van der Waals surface area (Å²) in [5.41, 5.74) is 2.87. The Morgan fingerprint density at radius 3 is 2.61 bits per heavy atom. The van der Waals surface area contributed by atoms with E-state index < -0.39 is 11.7 Å². The number of pyridine rings is 1. The topological polar surface area (TPSA) is 63.7 Å². The number of carbonyl (C=O) groups is 1. The van der Waals surface area contributed by atoms with Crippen LogP contribution in [0.4, 0.5) is 10.5 Å². The van der Waals surface area contributed by atoms with Gasteiger partial charge in [0.05, 0.1) is 24.8 Å². The van der Waals surface area contributed by atoms with Crippen LogP contribution < -0.4 is 10.2 Å². The lowest BCUT2D eigenvalue weighted by molar-refractivity contribution is 0.0268. The number of aromatic nitrogens is 1. The molecule has 2 aromatic rings. The van der Waals surface area contributed by atoms with E-state index >= 15 is 0 Å². The highest BCUT2D eigenvalue weighted by Gasteiger charge is 2.23. The van der Waals surface area contributed by atoms with Crippen molar-refractivity contribution in [3.63, 3.8) is 0 Å². The van der Waals surface area contributed by atoms with Crippen molar-refractivity contribution in [3.05, 3.63) is 42.2 Å². The molecule has 0 radical (unpaired) electrons. The van der Waals surface area contributed by atoms with Crippen LogP contribution in [-0.2, 0) is 9.47 Å². The molecular formula is C25H37N3O3. The summed E-state index contributed by atoms with van der Waals surface area (Å²) in [6.45, 7) is 18.2. The van der Waals surface area contributed by atoms with Gasteiger partial charge in [0, 0.05) is 30.5 Å². The molecule has 1 unspecified atom stereocenters. The van der Waals surface area contributed by atoms with Crippen LogP contribution in [-0.4, -0.2) is 48.5 Å². The number of carbonyl (C=O) groups excluding carboxylic acids is 1. The smallest absolute Gasteiger partial charge is 0.407 e. The molecule has 1 aromatic carbocycles. The molecule has 0 saturated carbocycles. The summed E-state index contributed by atoms with van der Waals surface area (Å²) in [4.78, 5) is 18.4. The van der Waals surface area contributed by atoms with Gasteiger partial charge in [0.25, 0.3) is 0 Å². The van der Waals surface area contributed by atoms with Gasteiger partial charge in [-0.05, 0) is 77.1 Å². The van der Waals surface area contributed by atoms with E-state index in [1.807, 2.05) is 52.2 Å². The molecule has 31 heavy (non-hydrogen) atoms. The van der Waals surface area contributed by atoms with Gasteiger partial charge >= 0.3 is 6.09 Å². The number of nitrogens with one attached hydrogen (secondary N) is 1. The highest BCUT2D eigenvalue weighted by molar-refractivity contribution is 5.93. The van der Waals surface area contributed by atoms with Crippen LogP contribution in [0.25, 0.3) is 16.8 Å². The molecule has 1 heterocycles. The maximum absolute atomic E-state index is 11.9. The number of aryl methyl sites for hydroxylation is 1. The van der Waals surface area contributed by atoms with Gasteiger partial charge in [-0.1, -0.05) is 12.7 Å². The lowest BCUT2D eigenvalue weighted by atomic mass is 9.98. The van der Waals surface area contributed by atoms with Crippen LogP contribution in [0.3, 0.4) is 0 Å². The van der Waals surface area contributed by atoms with Crippen molar-refractivity contribution in [2.45, 2.75) is 72.3 Å². The van der Waals surface area contributed by atoms with E-state index in [0.29, 0.717) is 6.61 Å². The first-order valence-electron chi connectivity index (χ1n) is 10.8. The van der Waals surface area contributed by atoms with Crippen molar-refractivity contribution in [2.24, 2.45) is 0 Å². The maximum Gasteiger partial charge on any atom is 0.407 e. The first-order valence-corrected chi connectivity index (χ1v) is 10.8. The van der Waals surface area contributed by atoms with Crippen LogP contribution in [0, 0.1) is 6.92 Å². The van der Waals surface area contributed by atoms with Gasteiger partial charge in [-0.2, -0.15) is 0 Å². The zero-order valence-corrected chi connectivity index (χ0v) is 20.2. The lowest BCUT2D eigenvalue weighted by Crippen LogP contribution is -2.43. The van der Waals surface area contributed by atoms with E-state index in [-0.39, 0.29) is 18.2 Å². The standard InChI is InChI=1S/C25H37N3O3/c1-10-20-13-21-14-26-12-11-22(21)17(3)23(20)28(9)18(4)19(5)30-15-16(2)27-24(29)31-25(6,7)8/h10-14,16,18-19H,1,15H2,2-9H3,(H,27,29)/t16-,18?,19+/m1/s1. The third-order valence-electron chi connectivity index (χ3n) is 5.43. The Morgan fingerprint density at radius 2 is 2.00 bits per heavy atom. The molecule has 0 aliphatic heterocycles. The minimum Gasteiger partial charge on any atom is -0.444 e. The molecule has 2 rings (SSSR count). The third-order valence-corrected chi connectivity index (χ3v) is 5.43. The molecule has 6 nitrogen and oxygen atoms in total. The molecular weight excluding hydrogens is 390 g/mol. The predicted octanol–water partition coefficient (Wildman–Crippen LogP) is 5.33. The molecule has 1 amide bonds. The Bertz CT molecular complexity index is 920. The first kappa shape index (κ1) is 24.7. The van der Waals surface area contributed by atoms with Gasteiger partial charge in [-0.15, -0.1) is 0 Å². The third kappa shape index (κ3) is 6.44. The van der Waals surface area contributed by atoms with Crippen molar-refractivity contribution < 1.29 is 14.3 Å². The quantitative estimate of drug-likeness (QED) is 0.617. The fourth-order valence-electron chi connectivity index (χ4n) is 3.57. The molecule has 0 saturated heterocycles. The number of fused-ring (bicyclic) bond motifs is 1. The van der Waals surface area contributed by atoms with Gasteiger partial charge in [0.1, 0.15) is 5.60 Å². The highest BCUT2D eigenvalue weighted by atomic mass is 16.6. The Balaban J connectivity index is 2.07. The van der Waals surface area contributed by atoms with E-state index in [2.05, 4.69) is 55.7 Å². The fraction of sp³-hybridized carbons (Fsp3) is 0.520. The highest BCUT2D eigenvalue weighted by Crippen LogP contribution is 2.33. The normalized spacial score (nSPS) is 14.6. The van der Waals surface area contributed by atoms with Crippen molar-refractivity contribution in [2.75, 3.05) is 18.6 Å². The van der Waals surface area contributed by atoms with Crippen LogP contribution in [0.2, 0.25) is 0 Å². The van der Waals surface area contributed by atoms with Crippen LogP contribution in [0.15, 0.2) is 31.1 Å². The van der Waals surface area contributed by atoms with Gasteiger partial charge in [0.15, 0.2) is 0 Å². The molecule has 0 aliphatic rings. The van der Waals surface area contributed by atoms with Gasteiger partial charge in [0.2, 0.25) is 0 Å². The Morgan fingerprint density at radius 1 is 1.32 bits per heavy atom. The summed E-state index contributed by atoms with van der Waals surface area (Å²) in [6, 6.07) is 4.11. The summed E-state index contributed by atoms with van der Waals surface area (Å²) in [7, 11) is 2.08. The number of likely N-dealkylation sites (N-methyl/N-ethyl adjacent to an activating group) is 1. The predicted molar refractivity (Wildman–Crippen MR) is 129 cm³/mol. The van der Waals surface area contributed by atoms with Crippen molar-refractivity contribution >= 4 is 28.6 Å². The number of nitrogens with zero attached hydrogens (tertiary/aromatic N) is 2. The van der Waals surface area contributed by atoms with Crippen molar-refractivity contribution in [1.82, 2.24) is 10.3 Å². The molecule has 1 N–H and O–H groups in total. The zero-order chi connectivity index (χ0) is 23.3. The average Bonchev–Trinajstić information content (AvgIpc) is 2.69. The number of anilines is 1. The van der Waals surface area contributed by atoms with Crippen molar-refractivity contribution in [1.29, 1.82) is 0 Å². The molecule has 6 heteroatoms. The summed E-state index contributed by atoms with van der Waals surface area (Å²) in [5, 5.41) is 5.10. The van der Waals surface area contributed by atoms with Crippen molar-refractivity contribution in [3.8, 4) is 0 Å². The zero-order valence-electron chi connectivity index (χ0n) is 20.2. The number of hydrogen-bond donors (Lipinski definition) is 1. The van der Waals surface area contributed by atoms with Crippen LogP contribution in [0.1, 0.15) is 52.7 Å². The van der Waals surface area contributed by atoms with Crippen LogP contribution in [0.5, 0.6) is 0 Å². The largest absolute Gasteiger partial charge is 0.444 e. The minimum atomic E-state index is -0.522. The van der Waals surface area contributed by atoms with E-state index in [9.17, 15) is 4.79 Å². The number of hydrogen-bond acceptors (Lipinski definition) is 5. The summed E-state index contributed by atoms with van der Waals surface area (Å²) >= 11 is 0. The van der Waals surface area contributed by atoms with E-state index in [1.165, 1.54) is 10.9 Å². The number of ether oxygens (including phenoxy) is 2. The molecule has 0 bridgehead atoms. The first-order chi connectivity index (χ1) is 14.4. The second-order valence-electron chi connectivity index (χ2n) is 9.18. The second-order valence-corrected chi connectivity index (χ2v) is 9.18. The molecule has 3 atom stereocenters. The second kappa shape index (κ2) is 10.1. The van der Waals surface area contributed by atoms with E-state index in [0.717, 1.165) is 16.6 Å². The molecule has 1 aromatic heterocycles. The SMILES string of the molecule is C=Cc1cc2cnccc2c(C)c1N(C)C(C)[C@H](C)OC[C@@H](C)NC(=O)OC(C)(C)C. The Kier molecular flexibility index (Phi) is 8.07. The molecule has 170 valence electrons. The fourth-order valence-corrected chi connectivity index (χ4v) is 3.57. The van der Waals surface area contributed by atoms with Gasteiger partial charge in [-0.25, -0.2) is 4.79 Å². The van der Waals surface area contributed by atoms with E-state index in [4.69, 9.17) is 9.47 Å². The van der Waals surface area contributed by atoms with Gasteiger partial charge < -0.3 is 19.7 Å². The van der Waals surface area contributed by atoms with E-state index in [1.54, 1.807) is 0 Å². The summed E-state index contributed by atoms with van der Waals surface area (Å²) in [6.07, 6.45) is 5.10. The van der Waals surface area contributed by atoms with Gasteiger partial charge in [-0.3, -0.25) is 4.98 Å². The molecule has 0 aliphatic carbocycles. The molecule has 0 fully saturated rings. The number of alkyl carbamates (subject to hydrolysis) is 1. The average molecular weight is 428 g/mol. The van der Waals surface area contributed by atoms with Crippen LogP contribution >= 0.6 is 0 Å². The molecule has 0 spiro atoms.